The number of para-hydroxylation sites is 1. The summed E-state index contributed by atoms with van der Waals surface area (Å²) in [5, 5.41) is 5.11. The number of ketones is 1. The molecule has 0 bridgehead atoms. The van der Waals surface area contributed by atoms with E-state index in [1.54, 1.807) is 54.1 Å². The molecule has 2 aromatic carbocycles. The van der Waals surface area contributed by atoms with Gasteiger partial charge in [-0.05, 0) is 36.4 Å². The zero-order chi connectivity index (χ0) is 18.6. The van der Waals surface area contributed by atoms with Crippen molar-refractivity contribution in [1.82, 2.24) is 14.8 Å². The number of ether oxygens (including phenoxy) is 1. The van der Waals surface area contributed by atoms with Crippen LogP contribution in [0.1, 0.15) is 10.4 Å². The van der Waals surface area contributed by atoms with Crippen LogP contribution in [0.5, 0.6) is 5.75 Å². The molecule has 136 valence electrons. The molecule has 0 unspecified atom stereocenters. The lowest BCUT2D eigenvalue weighted by molar-refractivity contribution is 0.104. The molecular formula is C20H18N4O2S. The van der Waals surface area contributed by atoms with Crippen molar-refractivity contribution < 1.29 is 9.53 Å². The highest BCUT2D eigenvalue weighted by atomic mass is 32.2. The Labute approximate surface area is 161 Å². The monoisotopic (exact) mass is 378 g/mol. The zero-order valence-corrected chi connectivity index (χ0v) is 15.6. The molecule has 0 radical (unpaired) electrons. The number of thioether (sulfide) groups is 1. The van der Waals surface area contributed by atoms with E-state index in [0.717, 1.165) is 23.0 Å². The number of carbonyl (C=O) groups is 1. The Bertz CT molecular complexity index is 953. The number of Topliss-reactive ketones (excluding diaryl/α,β-unsaturated/α-hetero) is 1. The summed E-state index contributed by atoms with van der Waals surface area (Å²) in [6.07, 6.45) is 3.00. The van der Waals surface area contributed by atoms with Crippen molar-refractivity contribution in [2.45, 2.75) is 0 Å². The lowest BCUT2D eigenvalue weighted by atomic mass is 10.1. The molecule has 7 heteroatoms. The number of hydrogen-bond donors (Lipinski definition) is 0. The average molecular weight is 378 g/mol. The van der Waals surface area contributed by atoms with Crippen LogP contribution in [0.2, 0.25) is 0 Å². The number of allylic oxidation sites excluding steroid dienone is 1. The van der Waals surface area contributed by atoms with Crippen LogP contribution >= 0.6 is 11.8 Å². The van der Waals surface area contributed by atoms with Crippen LogP contribution in [0, 0.1) is 0 Å². The molecule has 4 rings (SSSR count). The Morgan fingerprint density at radius 1 is 1.11 bits per heavy atom. The molecule has 1 fully saturated rings. The second-order valence-electron chi connectivity index (χ2n) is 5.89. The fourth-order valence-electron chi connectivity index (χ4n) is 2.97. The predicted octanol–water partition coefficient (Wildman–Crippen LogP) is 3.55. The molecule has 2 heterocycles. The van der Waals surface area contributed by atoms with E-state index in [0.29, 0.717) is 17.0 Å². The topological polar surface area (TPSA) is 60.2 Å². The number of aromatic nitrogens is 3. The smallest absolute Gasteiger partial charge is 0.214 e. The standard InChI is InChI=1S/C20H18N4O2S/c1-26-17-9-7-15(8-10-17)19(25)18(24-14-21-13-22-24)20-23(11-12-27-20)16-5-3-2-4-6-16/h2-10,13-14H,11-12H2,1H3/b20-18+. The third kappa shape index (κ3) is 3.46. The summed E-state index contributed by atoms with van der Waals surface area (Å²) in [6, 6.07) is 17.2. The maximum absolute atomic E-state index is 13.4. The van der Waals surface area contributed by atoms with Gasteiger partial charge in [0.1, 0.15) is 29.1 Å². The normalized spacial score (nSPS) is 15.7. The number of carbonyl (C=O) groups excluding carboxylic acids is 1. The van der Waals surface area contributed by atoms with Crippen LogP contribution in [0.4, 0.5) is 5.69 Å². The highest BCUT2D eigenvalue weighted by molar-refractivity contribution is 8.03. The van der Waals surface area contributed by atoms with Gasteiger partial charge in [0.05, 0.1) is 7.11 Å². The van der Waals surface area contributed by atoms with Gasteiger partial charge in [-0.2, -0.15) is 5.10 Å². The quantitative estimate of drug-likeness (QED) is 0.500. The highest BCUT2D eigenvalue weighted by Crippen LogP contribution is 2.37. The van der Waals surface area contributed by atoms with Crippen LogP contribution in [0.3, 0.4) is 0 Å². The minimum Gasteiger partial charge on any atom is -0.497 e. The Hall–Kier alpha value is -3.06. The molecule has 0 atom stereocenters. The van der Waals surface area contributed by atoms with Crippen LogP contribution in [-0.2, 0) is 0 Å². The number of benzene rings is 2. The van der Waals surface area contributed by atoms with Crippen molar-refractivity contribution in [2.75, 3.05) is 24.3 Å². The summed E-state index contributed by atoms with van der Waals surface area (Å²) in [6.45, 7) is 0.831. The lowest BCUT2D eigenvalue weighted by Gasteiger charge is -2.22. The van der Waals surface area contributed by atoms with Gasteiger partial charge in [0, 0.05) is 23.5 Å². The number of hydrogen-bond acceptors (Lipinski definition) is 6. The van der Waals surface area contributed by atoms with E-state index in [-0.39, 0.29) is 5.78 Å². The molecule has 3 aromatic rings. The average Bonchev–Trinajstić information content (AvgIpc) is 3.42. The summed E-state index contributed by atoms with van der Waals surface area (Å²) in [7, 11) is 1.60. The summed E-state index contributed by atoms with van der Waals surface area (Å²) in [5.41, 5.74) is 2.14. The highest BCUT2D eigenvalue weighted by Gasteiger charge is 2.29. The first kappa shape index (κ1) is 17.4. The fraction of sp³-hybridized carbons (Fsp3) is 0.150. The number of anilines is 1. The molecule has 6 nitrogen and oxygen atoms in total. The first-order valence-electron chi connectivity index (χ1n) is 8.51. The third-order valence-corrected chi connectivity index (χ3v) is 5.36. The van der Waals surface area contributed by atoms with E-state index in [9.17, 15) is 4.79 Å². The Morgan fingerprint density at radius 2 is 1.89 bits per heavy atom. The fourth-order valence-corrected chi connectivity index (χ4v) is 4.11. The van der Waals surface area contributed by atoms with Crippen LogP contribution in [0.25, 0.3) is 5.70 Å². The molecule has 0 amide bonds. The number of nitrogens with zero attached hydrogens (tertiary/aromatic N) is 4. The van der Waals surface area contributed by atoms with Gasteiger partial charge in [0.15, 0.2) is 0 Å². The van der Waals surface area contributed by atoms with E-state index < -0.39 is 0 Å². The molecule has 0 saturated carbocycles. The van der Waals surface area contributed by atoms with Crippen molar-refractivity contribution in [3.05, 3.63) is 77.8 Å². The SMILES string of the molecule is COc1ccc(C(=O)/C(=C2\SCCN2c2ccccc2)n2cncn2)cc1. The summed E-state index contributed by atoms with van der Waals surface area (Å²) >= 11 is 1.65. The Morgan fingerprint density at radius 3 is 2.56 bits per heavy atom. The van der Waals surface area contributed by atoms with Gasteiger partial charge in [-0.25, -0.2) is 9.67 Å². The van der Waals surface area contributed by atoms with Crippen molar-refractivity contribution in [2.24, 2.45) is 0 Å². The van der Waals surface area contributed by atoms with Crippen LogP contribution in [0.15, 0.2) is 72.3 Å². The number of methoxy groups -OCH3 is 1. The van der Waals surface area contributed by atoms with Crippen LogP contribution < -0.4 is 9.64 Å². The van der Waals surface area contributed by atoms with Crippen molar-refractivity contribution in [1.29, 1.82) is 0 Å². The van der Waals surface area contributed by atoms with Gasteiger partial charge >= 0.3 is 0 Å². The van der Waals surface area contributed by atoms with Crippen molar-refractivity contribution in [3.63, 3.8) is 0 Å². The van der Waals surface area contributed by atoms with E-state index in [4.69, 9.17) is 4.74 Å². The minimum atomic E-state index is -0.103. The molecule has 0 spiro atoms. The maximum Gasteiger partial charge on any atom is 0.214 e. The number of rotatable bonds is 5. The summed E-state index contributed by atoms with van der Waals surface area (Å²) in [4.78, 5) is 19.6. The van der Waals surface area contributed by atoms with Gasteiger partial charge in [0.2, 0.25) is 5.78 Å². The maximum atomic E-state index is 13.4. The van der Waals surface area contributed by atoms with E-state index in [2.05, 4.69) is 15.0 Å². The van der Waals surface area contributed by atoms with E-state index in [1.165, 1.54) is 6.33 Å². The van der Waals surface area contributed by atoms with Crippen LogP contribution in [-0.4, -0.2) is 40.0 Å². The van der Waals surface area contributed by atoms with Gasteiger partial charge in [-0.15, -0.1) is 11.8 Å². The molecule has 1 aliphatic heterocycles. The van der Waals surface area contributed by atoms with Gasteiger partial charge < -0.3 is 9.64 Å². The molecular weight excluding hydrogens is 360 g/mol. The van der Waals surface area contributed by atoms with Crippen molar-refractivity contribution >= 4 is 28.9 Å². The Kier molecular flexibility index (Phi) is 4.93. The first-order valence-corrected chi connectivity index (χ1v) is 9.50. The van der Waals surface area contributed by atoms with E-state index >= 15 is 0 Å². The molecule has 27 heavy (non-hydrogen) atoms. The van der Waals surface area contributed by atoms with Gasteiger partial charge in [0.25, 0.3) is 0 Å². The van der Waals surface area contributed by atoms with Gasteiger partial charge in [-0.3, -0.25) is 4.79 Å². The predicted molar refractivity (Wildman–Crippen MR) is 107 cm³/mol. The van der Waals surface area contributed by atoms with E-state index in [1.807, 2.05) is 30.3 Å². The van der Waals surface area contributed by atoms with Crippen molar-refractivity contribution in [3.8, 4) is 5.75 Å². The molecule has 1 aromatic heterocycles. The second kappa shape index (κ2) is 7.67. The Balaban J connectivity index is 1.81. The second-order valence-corrected chi connectivity index (χ2v) is 6.97. The third-order valence-electron chi connectivity index (χ3n) is 4.28. The molecule has 1 aliphatic rings. The van der Waals surface area contributed by atoms with Gasteiger partial charge in [-0.1, -0.05) is 18.2 Å². The zero-order valence-electron chi connectivity index (χ0n) is 14.8. The molecule has 0 aliphatic carbocycles. The molecule has 1 saturated heterocycles. The first-order chi connectivity index (χ1) is 13.3. The summed E-state index contributed by atoms with van der Waals surface area (Å²) in [5.74, 6) is 1.51. The largest absolute Gasteiger partial charge is 0.497 e. The molecule has 0 N–H and O–H groups in total. The summed E-state index contributed by atoms with van der Waals surface area (Å²) < 4.78 is 6.74. The lowest BCUT2D eigenvalue weighted by Crippen LogP contribution is -2.22. The minimum absolute atomic E-state index is 0.103.